The maximum atomic E-state index is 12.8. The molecule has 2 aromatic rings. The van der Waals surface area contributed by atoms with Crippen LogP contribution in [0.15, 0.2) is 47.4 Å². The zero-order chi connectivity index (χ0) is 19.2. The maximum absolute atomic E-state index is 12.8. The minimum absolute atomic E-state index is 0.198. The van der Waals surface area contributed by atoms with E-state index in [4.69, 9.17) is 21.1 Å². The van der Waals surface area contributed by atoms with Crippen LogP contribution < -0.4 is 9.47 Å². The van der Waals surface area contributed by atoms with Gasteiger partial charge < -0.3 is 9.47 Å². The molecule has 0 aliphatic rings. The summed E-state index contributed by atoms with van der Waals surface area (Å²) in [7, 11) is 1.08. The van der Waals surface area contributed by atoms with E-state index in [1.807, 2.05) is 12.1 Å². The number of ether oxygens (including phenoxy) is 2. The van der Waals surface area contributed by atoms with Crippen LogP contribution in [-0.2, 0) is 23.0 Å². The molecule has 7 heteroatoms. The fourth-order valence-electron chi connectivity index (χ4n) is 2.59. The first-order valence-electron chi connectivity index (χ1n) is 8.24. The minimum atomic E-state index is -3.59. The molecule has 0 aliphatic heterocycles. The summed E-state index contributed by atoms with van der Waals surface area (Å²) in [5, 5.41) is 0. The molecule has 2 aromatic carbocycles. The number of hydrogen-bond acceptors (Lipinski definition) is 4. The highest BCUT2D eigenvalue weighted by atomic mass is 35.5. The van der Waals surface area contributed by atoms with Gasteiger partial charge >= 0.3 is 0 Å². The minimum Gasteiger partial charge on any atom is -0.497 e. The molecule has 0 unspecified atom stereocenters. The number of sulfonamides is 1. The van der Waals surface area contributed by atoms with Crippen LogP contribution in [0.2, 0.25) is 0 Å². The molecular formula is C19H24ClNO4S. The molecule has 142 valence electrons. The van der Waals surface area contributed by atoms with Crippen LogP contribution >= 0.6 is 11.6 Å². The number of rotatable bonds is 9. The lowest BCUT2D eigenvalue weighted by molar-refractivity contribution is 0.384. The van der Waals surface area contributed by atoms with Gasteiger partial charge in [-0.25, -0.2) is 8.42 Å². The van der Waals surface area contributed by atoms with E-state index in [9.17, 15) is 8.42 Å². The van der Waals surface area contributed by atoms with Gasteiger partial charge in [-0.2, -0.15) is 4.31 Å². The Kier molecular flexibility index (Phi) is 7.32. The molecule has 0 N–H and O–H groups in total. The van der Waals surface area contributed by atoms with Crippen molar-refractivity contribution in [3.8, 4) is 11.5 Å². The van der Waals surface area contributed by atoms with Gasteiger partial charge in [0.05, 0.1) is 19.1 Å². The first kappa shape index (κ1) is 20.6. The van der Waals surface area contributed by atoms with Gasteiger partial charge in [-0.3, -0.25) is 0 Å². The third-order valence-corrected chi connectivity index (χ3v) is 6.20. The van der Waals surface area contributed by atoms with Gasteiger partial charge in [0.1, 0.15) is 11.5 Å². The van der Waals surface area contributed by atoms with E-state index in [-0.39, 0.29) is 11.4 Å². The molecule has 5 nitrogen and oxygen atoms in total. The van der Waals surface area contributed by atoms with Gasteiger partial charge in [0, 0.05) is 31.1 Å². The molecule has 0 saturated heterocycles. The second-order valence-electron chi connectivity index (χ2n) is 5.88. The Labute approximate surface area is 160 Å². The van der Waals surface area contributed by atoms with Crippen molar-refractivity contribution in [2.45, 2.75) is 24.3 Å². The Hall–Kier alpha value is -1.76. The SMILES string of the molecule is COc1ccc(CN(C)S(=O)(=O)c2ccc(CCCCl)cc2)c(OC)c1. The smallest absolute Gasteiger partial charge is 0.243 e. The van der Waals surface area contributed by atoms with E-state index in [0.29, 0.717) is 17.4 Å². The van der Waals surface area contributed by atoms with Gasteiger partial charge in [-0.05, 0) is 36.6 Å². The molecule has 0 aliphatic carbocycles. The molecule has 0 saturated carbocycles. The van der Waals surface area contributed by atoms with Crippen molar-refractivity contribution in [3.63, 3.8) is 0 Å². The number of methoxy groups -OCH3 is 2. The molecule has 0 spiro atoms. The van der Waals surface area contributed by atoms with Gasteiger partial charge in [0.15, 0.2) is 0 Å². The van der Waals surface area contributed by atoms with E-state index in [1.54, 1.807) is 51.6 Å². The summed E-state index contributed by atoms with van der Waals surface area (Å²) in [6.45, 7) is 0.198. The van der Waals surface area contributed by atoms with Gasteiger partial charge in [0.25, 0.3) is 0 Å². The Morgan fingerprint density at radius 2 is 1.73 bits per heavy atom. The van der Waals surface area contributed by atoms with Crippen LogP contribution in [0.4, 0.5) is 0 Å². The number of benzene rings is 2. The first-order valence-corrected chi connectivity index (χ1v) is 10.2. The van der Waals surface area contributed by atoms with E-state index in [0.717, 1.165) is 24.0 Å². The highest BCUT2D eigenvalue weighted by Crippen LogP contribution is 2.27. The quantitative estimate of drug-likeness (QED) is 0.605. The molecule has 0 radical (unpaired) electrons. The van der Waals surface area contributed by atoms with Gasteiger partial charge in [0.2, 0.25) is 10.0 Å². The number of nitrogens with zero attached hydrogens (tertiary/aromatic N) is 1. The molecule has 0 amide bonds. The summed E-state index contributed by atoms with van der Waals surface area (Å²) < 4.78 is 37.5. The third kappa shape index (κ3) is 4.90. The van der Waals surface area contributed by atoms with Crippen LogP contribution in [-0.4, -0.2) is 39.9 Å². The summed E-state index contributed by atoms with van der Waals surface area (Å²) in [5.41, 5.74) is 1.84. The molecular weight excluding hydrogens is 374 g/mol. The summed E-state index contributed by atoms with van der Waals surface area (Å²) in [6.07, 6.45) is 1.70. The molecule has 0 heterocycles. The third-order valence-electron chi connectivity index (χ3n) is 4.12. The zero-order valence-corrected chi connectivity index (χ0v) is 16.8. The molecule has 2 rings (SSSR count). The highest BCUT2D eigenvalue weighted by Gasteiger charge is 2.22. The molecule has 0 atom stereocenters. The largest absolute Gasteiger partial charge is 0.497 e. The fraction of sp³-hybridized carbons (Fsp3) is 0.368. The average Bonchev–Trinajstić information content (AvgIpc) is 2.66. The zero-order valence-electron chi connectivity index (χ0n) is 15.2. The molecule has 0 aromatic heterocycles. The predicted octanol–water partition coefficient (Wildman–Crippen LogP) is 3.70. The molecule has 26 heavy (non-hydrogen) atoms. The molecule has 0 fully saturated rings. The van der Waals surface area contributed by atoms with Crippen molar-refractivity contribution < 1.29 is 17.9 Å². The van der Waals surface area contributed by atoms with Crippen molar-refractivity contribution >= 4 is 21.6 Å². The Balaban J connectivity index is 2.18. The Morgan fingerprint density at radius 3 is 2.31 bits per heavy atom. The monoisotopic (exact) mass is 397 g/mol. The second-order valence-corrected chi connectivity index (χ2v) is 8.30. The lowest BCUT2D eigenvalue weighted by Gasteiger charge is -2.19. The van der Waals surface area contributed by atoms with Crippen molar-refractivity contribution in [1.29, 1.82) is 0 Å². The number of hydrogen-bond donors (Lipinski definition) is 0. The van der Waals surface area contributed by atoms with Crippen molar-refractivity contribution in [2.24, 2.45) is 0 Å². The number of aryl methyl sites for hydroxylation is 1. The lowest BCUT2D eigenvalue weighted by atomic mass is 10.1. The van der Waals surface area contributed by atoms with E-state index >= 15 is 0 Å². The second kappa shape index (κ2) is 9.26. The van der Waals surface area contributed by atoms with Crippen LogP contribution in [0.3, 0.4) is 0 Å². The normalized spacial score (nSPS) is 11.6. The predicted molar refractivity (Wildman–Crippen MR) is 104 cm³/mol. The summed E-state index contributed by atoms with van der Waals surface area (Å²) in [6, 6.07) is 12.3. The van der Waals surface area contributed by atoms with Crippen LogP contribution in [0.1, 0.15) is 17.5 Å². The topological polar surface area (TPSA) is 55.8 Å². The van der Waals surface area contributed by atoms with Crippen LogP contribution in [0, 0.1) is 0 Å². The summed E-state index contributed by atoms with van der Waals surface area (Å²) in [4.78, 5) is 0.266. The van der Waals surface area contributed by atoms with Crippen LogP contribution in [0.25, 0.3) is 0 Å². The maximum Gasteiger partial charge on any atom is 0.243 e. The van der Waals surface area contributed by atoms with Crippen LogP contribution in [0.5, 0.6) is 11.5 Å². The van der Waals surface area contributed by atoms with E-state index in [2.05, 4.69) is 0 Å². The standard InChI is InChI=1S/C19H24ClNO4S/c1-21(14-16-8-9-17(24-2)13-19(16)25-3)26(22,23)18-10-6-15(7-11-18)5-4-12-20/h6-11,13H,4-5,12,14H2,1-3H3. The number of halogens is 1. The Morgan fingerprint density at radius 1 is 1.04 bits per heavy atom. The van der Waals surface area contributed by atoms with Crippen molar-refractivity contribution in [3.05, 3.63) is 53.6 Å². The lowest BCUT2D eigenvalue weighted by Crippen LogP contribution is -2.26. The highest BCUT2D eigenvalue weighted by molar-refractivity contribution is 7.89. The first-order chi connectivity index (χ1) is 12.4. The Bertz CT molecular complexity index is 822. The average molecular weight is 398 g/mol. The van der Waals surface area contributed by atoms with Gasteiger partial charge in [-0.1, -0.05) is 18.2 Å². The molecule has 0 bridgehead atoms. The summed E-state index contributed by atoms with van der Waals surface area (Å²) in [5.74, 6) is 1.83. The van der Waals surface area contributed by atoms with E-state index < -0.39 is 10.0 Å². The van der Waals surface area contributed by atoms with E-state index in [1.165, 1.54) is 4.31 Å². The number of alkyl halides is 1. The summed E-state index contributed by atoms with van der Waals surface area (Å²) >= 11 is 5.70. The fourth-order valence-corrected chi connectivity index (χ4v) is 3.87. The van der Waals surface area contributed by atoms with Crippen molar-refractivity contribution in [1.82, 2.24) is 4.31 Å². The van der Waals surface area contributed by atoms with Crippen molar-refractivity contribution in [2.75, 3.05) is 27.1 Å². The van der Waals surface area contributed by atoms with Gasteiger partial charge in [-0.15, -0.1) is 11.6 Å².